The van der Waals surface area contributed by atoms with E-state index in [-0.39, 0.29) is 17.5 Å². The lowest BCUT2D eigenvalue weighted by molar-refractivity contribution is 0.0953. The normalized spacial score (nSPS) is 12.8. The van der Waals surface area contributed by atoms with Crippen LogP contribution in [0.5, 0.6) is 0 Å². The lowest BCUT2D eigenvalue weighted by atomic mass is 10.1. The molecule has 1 aliphatic rings. The summed E-state index contributed by atoms with van der Waals surface area (Å²) in [5.74, 6) is 0.255. The van der Waals surface area contributed by atoms with Crippen LogP contribution in [0.1, 0.15) is 45.8 Å². The van der Waals surface area contributed by atoms with Gasteiger partial charge >= 0.3 is 5.69 Å². The minimum absolute atomic E-state index is 0.0776. The third-order valence-corrected chi connectivity index (χ3v) is 6.09. The highest BCUT2D eigenvalue weighted by atomic mass is 79.9. The van der Waals surface area contributed by atoms with Crippen LogP contribution < -0.4 is 16.3 Å². The first-order chi connectivity index (χ1) is 15.5. The van der Waals surface area contributed by atoms with Gasteiger partial charge in [0.2, 0.25) is 0 Å². The number of aromatic nitrogens is 3. The molecular formula is C23H24BrN5O3. The van der Waals surface area contributed by atoms with Gasteiger partial charge in [0.1, 0.15) is 5.82 Å². The highest BCUT2D eigenvalue weighted by molar-refractivity contribution is 9.10. The second-order valence-corrected chi connectivity index (χ2v) is 8.47. The molecule has 0 spiro atoms. The summed E-state index contributed by atoms with van der Waals surface area (Å²) in [6.45, 7) is 1.56. The fourth-order valence-electron chi connectivity index (χ4n) is 3.75. The first-order valence-corrected chi connectivity index (χ1v) is 11.4. The molecule has 0 saturated heterocycles. The molecule has 32 heavy (non-hydrogen) atoms. The van der Waals surface area contributed by atoms with Gasteiger partial charge in [-0.3, -0.25) is 14.2 Å². The molecule has 2 N–H and O–H groups in total. The topological polar surface area (TPSA) is 98.0 Å². The molecular weight excluding hydrogens is 474 g/mol. The maximum Gasteiger partial charge on any atom is 0.345 e. The number of hydrogen-bond donors (Lipinski definition) is 2. The molecule has 8 nitrogen and oxygen atoms in total. The molecule has 0 aliphatic carbocycles. The summed E-state index contributed by atoms with van der Waals surface area (Å²) >= 11 is 3.37. The van der Waals surface area contributed by atoms with E-state index in [0.717, 1.165) is 31.6 Å². The molecule has 0 unspecified atom stereocenters. The molecule has 9 heteroatoms. The summed E-state index contributed by atoms with van der Waals surface area (Å²) < 4.78 is 3.90. The molecule has 2 amide bonds. The molecule has 0 bridgehead atoms. The third kappa shape index (κ3) is 4.83. The van der Waals surface area contributed by atoms with Gasteiger partial charge in [-0.05, 0) is 59.5 Å². The Balaban J connectivity index is 1.35. The lowest BCUT2D eigenvalue weighted by Crippen LogP contribution is -2.29. The molecule has 0 saturated carbocycles. The Hall–Kier alpha value is -3.20. The third-order valence-electron chi connectivity index (χ3n) is 5.40. The lowest BCUT2D eigenvalue weighted by Gasteiger charge is -2.12. The predicted octanol–water partition coefficient (Wildman–Crippen LogP) is 3.22. The van der Waals surface area contributed by atoms with E-state index in [1.54, 1.807) is 47.0 Å². The Kier molecular flexibility index (Phi) is 6.84. The van der Waals surface area contributed by atoms with Crippen LogP contribution in [-0.4, -0.2) is 32.7 Å². The van der Waals surface area contributed by atoms with E-state index in [9.17, 15) is 14.4 Å². The molecule has 4 rings (SSSR count). The Bertz CT molecular complexity index is 1200. The number of carbonyl (C=O) groups excluding carboxylic acids is 2. The molecule has 1 aromatic heterocycles. The Morgan fingerprint density at radius 2 is 1.75 bits per heavy atom. The zero-order valence-corrected chi connectivity index (χ0v) is 19.1. The summed E-state index contributed by atoms with van der Waals surface area (Å²) in [5, 5.41) is 10.1. The maximum absolute atomic E-state index is 12.7. The molecule has 2 heterocycles. The second-order valence-electron chi connectivity index (χ2n) is 7.62. The molecule has 1 aliphatic heterocycles. The number of nitrogens with one attached hydrogen (secondary N) is 2. The van der Waals surface area contributed by atoms with Crippen molar-refractivity contribution in [2.75, 3.05) is 11.9 Å². The molecule has 2 aromatic carbocycles. The van der Waals surface area contributed by atoms with Gasteiger partial charge in [-0.15, -0.1) is 0 Å². The molecule has 0 fully saturated rings. The zero-order chi connectivity index (χ0) is 22.5. The van der Waals surface area contributed by atoms with Crippen molar-refractivity contribution >= 4 is 33.4 Å². The average molecular weight is 498 g/mol. The van der Waals surface area contributed by atoms with Gasteiger partial charge in [-0.1, -0.05) is 24.3 Å². The smallest absolute Gasteiger partial charge is 0.345 e. The van der Waals surface area contributed by atoms with E-state index < -0.39 is 0 Å². The van der Waals surface area contributed by atoms with Crippen molar-refractivity contribution < 1.29 is 9.59 Å². The first-order valence-electron chi connectivity index (χ1n) is 10.6. The van der Waals surface area contributed by atoms with Gasteiger partial charge in [0.05, 0.1) is 16.8 Å². The standard InChI is InChI=1S/C23H24BrN5O3/c24-18-10-3-1-8-16(18)22(31)26-19-11-4-2-9-17(19)21(30)25-13-7-15-29-23(32)28-14-6-5-12-20(28)27-29/h1-4,8-11H,5-7,12-15H2,(H,25,30)(H,26,31). The van der Waals surface area contributed by atoms with E-state index >= 15 is 0 Å². The summed E-state index contributed by atoms with van der Waals surface area (Å²) in [5.41, 5.74) is 1.22. The fraction of sp³-hybridized carbons (Fsp3) is 0.304. The quantitative estimate of drug-likeness (QED) is 0.489. The van der Waals surface area contributed by atoms with Crippen molar-refractivity contribution in [3.63, 3.8) is 0 Å². The number of halogens is 1. The van der Waals surface area contributed by atoms with Gasteiger partial charge in [-0.25, -0.2) is 9.48 Å². The van der Waals surface area contributed by atoms with E-state index in [0.29, 0.717) is 40.8 Å². The van der Waals surface area contributed by atoms with E-state index in [4.69, 9.17) is 0 Å². The van der Waals surface area contributed by atoms with Crippen molar-refractivity contribution in [1.82, 2.24) is 19.7 Å². The van der Waals surface area contributed by atoms with Gasteiger partial charge in [0.25, 0.3) is 11.8 Å². The van der Waals surface area contributed by atoms with Crippen molar-refractivity contribution in [1.29, 1.82) is 0 Å². The zero-order valence-electron chi connectivity index (χ0n) is 17.5. The monoisotopic (exact) mass is 497 g/mol. The number of aryl methyl sites for hydroxylation is 2. The summed E-state index contributed by atoms with van der Waals surface area (Å²) in [4.78, 5) is 37.7. The van der Waals surface area contributed by atoms with E-state index in [1.807, 2.05) is 6.07 Å². The van der Waals surface area contributed by atoms with Crippen molar-refractivity contribution in [3.05, 3.63) is 80.4 Å². The summed E-state index contributed by atoms with van der Waals surface area (Å²) in [6, 6.07) is 14.0. The van der Waals surface area contributed by atoms with Gasteiger partial charge in [0.15, 0.2) is 0 Å². The Labute approximate surface area is 193 Å². The SMILES string of the molecule is O=C(Nc1ccccc1C(=O)NCCCn1nc2n(c1=O)CCCC2)c1ccccc1Br. The largest absolute Gasteiger partial charge is 0.352 e. The number of rotatable bonds is 7. The number of carbonyl (C=O) groups is 2. The number of hydrogen-bond acceptors (Lipinski definition) is 4. The maximum atomic E-state index is 12.7. The van der Waals surface area contributed by atoms with E-state index in [2.05, 4.69) is 31.7 Å². The average Bonchev–Trinajstić information content (AvgIpc) is 3.13. The minimum Gasteiger partial charge on any atom is -0.352 e. The fourth-order valence-corrected chi connectivity index (χ4v) is 4.21. The molecule has 0 radical (unpaired) electrons. The van der Waals surface area contributed by atoms with Crippen molar-refractivity contribution in [3.8, 4) is 0 Å². The molecule has 166 valence electrons. The van der Waals surface area contributed by atoms with Crippen LogP contribution in [0.2, 0.25) is 0 Å². The van der Waals surface area contributed by atoms with Gasteiger partial charge in [-0.2, -0.15) is 5.10 Å². The van der Waals surface area contributed by atoms with Crippen molar-refractivity contribution in [2.24, 2.45) is 0 Å². The highest BCUT2D eigenvalue weighted by Crippen LogP contribution is 2.20. The molecule has 3 aromatic rings. The van der Waals surface area contributed by atoms with Crippen LogP contribution >= 0.6 is 15.9 Å². The number of nitrogens with zero attached hydrogens (tertiary/aromatic N) is 3. The van der Waals surface area contributed by atoms with Crippen LogP contribution in [0, 0.1) is 0 Å². The number of anilines is 1. The van der Waals surface area contributed by atoms with Gasteiger partial charge in [0, 0.05) is 30.5 Å². The number of benzene rings is 2. The van der Waals surface area contributed by atoms with Crippen LogP contribution in [0.25, 0.3) is 0 Å². The van der Waals surface area contributed by atoms with E-state index in [1.165, 1.54) is 4.68 Å². The summed E-state index contributed by atoms with van der Waals surface area (Å²) in [7, 11) is 0. The second kappa shape index (κ2) is 9.95. The highest BCUT2D eigenvalue weighted by Gasteiger charge is 2.17. The van der Waals surface area contributed by atoms with Gasteiger partial charge < -0.3 is 10.6 Å². The Morgan fingerprint density at radius 1 is 1.00 bits per heavy atom. The predicted molar refractivity (Wildman–Crippen MR) is 125 cm³/mol. The first kappa shape index (κ1) is 22.0. The number of para-hydroxylation sites is 1. The van der Waals surface area contributed by atoms with Crippen LogP contribution in [0.15, 0.2) is 57.8 Å². The van der Waals surface area contributed by atoms with Crippen LogP contribution in [0.4, 0.5) is 5.69 Å². The Morgan fingerprint density at radius 3 is 2.53 bits per heavy atom. The van der Waals surface area contributed by atoms with Crippen molar-refractivity contribution in [2.45, 2.75) is 38.8 Å². The molecule has 0 atom stereocenters. The summed E-state index contributed by atoms with van der Waals surface area (Å²) in [6.07, 6.45) is 3.48. The van der Waals surface area contributed by atoms with Crippen LogP contribution in [0.3, 0.4) is 0 Å². The van der Waals surface area contributed by atoms with Crippen LogP contribution in [-0.2, 0) is 19.5 Å². The number of fused-ring (bicyclic) bond motifs is 1. The minimum atomic E-state index is -0.305. The number of amides is 2.